The van der Waals surface area contributed by atoms with E-state index in [4.69, 9.17) is 5.26 Å². The minimum atomic E-state index is -0.378. The smallest absolute Gasteiger partial charge is 0.177 e. The van der Waals surface area contributed by atoms with Gasteiger partial charge in [-0.3, -0.25) is 0 Å². The Bertz CT molecular complexity index is 542. The second-order valence-corrected chi connectivity index (χ2v) is 3.69. The van der Waals surface area contributed by atoms with Crippen LogP contribution in [0.15, 0.2) is 34.9 Å². The van der Waals surface area contributed by atoms with Gasteiger partial charge in [-0.2, -0.15) is 10.4 Å². The van der Waals surface area contributed by atoms with Crippen LogP contribution in [0.5, 0.6) is 0 Å². The normalized spacial score (nSPS) is 9.93. The van der Waals surface area contributed by atoms with Gasteiger partial charge >= 0.3 is 0 Å². The van der Waals surface area contributed by atoms with Crippen molar-refractivity contribution < 1.29 is 4.39 Å². The molecule has 0 N–H and O–H groups in total. The summed E-state index contributed by atoms with van der Waals surface area (Å²) in [5, 5.41) is 12.6. The zero-order valence-corrected chi connectivity index (χ0v) is 9.07. The third kappa shape index (κ3) is 1.76. The summed E-state index contributed by atoms with van der Waals surface area (Å²) in [7, 11) is 0. The van der Waals surface area contributed by atoms with Crippen molar-refractivity contribution in [2.75, 3.05) is 0 Å². The van der Waals surface area contributed by atoms with Gasteiger partial charge in [0.05, 0.1) is 4.47 Å². The van der Waals surface area contributed by atoms with E-state index in [1.165, 1.54) is 10.7 Å². The van der Waals surface area contributed by atoms with E-state index in [0.717, 1.165) is 0 Å². The summed E-state index contributed by atoms with van der Waals surface area (Å²) in [5.41, 5.74) is 0.554. The van der Waals surface area contributed by atoms with Crippen LogP contribution in [0, 0.1) is 17.1 Å². The van der Waals surface area contributed by atoms with E-state index in [9.17, 15) is 4.39 Å². The summed E-state index contributed by atoms with van der Waals surface area (Å²) >= 11 is 3.17. The molecule has 0 fully saturated rings. The van der Waals surface area contributed by atoms with Gasteiger partial charge in [-0.25, -0.2) is 9.07 Å². The summed E-state index contributed by atoms with van der Waals surface area (Å²) in [6.45, 7) is 0. The first-order chi connectivity index (χ1) is 7.22. The molecule has 0 saturated heterocycles. The largest absolute Gasteiger partial charge is 0.235 e. The molecule has 0 spiro atoms. The fourth-order valence-corrected chi connectivity index (χ4v) is 1.55. The Morgan fingerprint density at radius 1 is 1.40 bits per heavy atom. The summed E-state index contributed by atoms with van der Waals surface area (Å²) in [6, 6.07) is 8.15. The molecule has 0 amide bonds. The van der Waals surface area contributed by atoms with Gasteiger partial charge in [-0.1, -0.05) is 12.1 Å². The van der Waals surface area contributed by atoms with Gasteiger partial charge in [0.1, 0.15) is 17.6 Å². The van der Waals surface area contributed by atoms with E-state index in [1.54, 1.807) is 24.4 Å². The van der Waals surface area contributed by atoms with Crippen LogP contribution in [-0.4, -0.2) is 9.78 Å². The van der Waals surface area contributed by atoms with Crippen LogP contribution in [0.3, 0.4) is 0 Å². The number of hydrogen-bond acceptors (Lipinski definition) is 2. The summed E-state index contributed by atoms with van der Waals surface area (Å²) in [6.07, 6.45) is 1.55. The molecule has 0 aliphatic rings. The first-order valence-electron chi connectivity index (χ1n) is 4.12. The molecule has 1 heterocycles. The molecule has 0 bridgehead atoms. The molecule has 2 rings (SSSR count). The molecule has 0 radical (unpaired) electrons. The van der Waals surface area contributed by atoms with Crippen LogP contribution in [0.1, 0.15) is 5.69 Å². The van der Waals surface area contributed by atoms with Crippen molar-refractivity contribution in [1.82, 2.24) is 9.78 Å². The molecule has 1 aromatic heterocycles. The minimum Gasteiger partial charge on any atom is -0.235 e. The number of para-hydroxylation sites is 1. The Balaban J connectivity index is 2.56. The fraction of sp³-hybridized carbons (Fsp3) is 0. The maximum atomic E-state index is 13.4. The summed E-state index contributed by atoms with van der Waals surface area (Å²) < 4.78 is 15.2. The van der Waals surface area contributed by atoms with Crippen molar-refractivity contribution in [3.8, 4) is 11.8 Å². The predicted octanol–water partition coefficient (Wildman–Crippen LogP) is 2.65. The Morgan fingerprint density at radius 3 is 2.73 bits per heavy atom. The molecule has 1 aromatic carbocycles. The van der Waals surface area contributed by atoms with E-state index in [1.807, 2.05) is 6.07 Å². The number of nitrogens with zero attached hydrogens (tertiary/aromatic N) is 3. The number of hydrogen-bond donors (Lipinski definition) is 0. The maximum absolute atomic E-state index is 13.4. The van der Waals surface area contributed by atoms with Crippen molar-refractivity contribution >= 4 is 15.9 Å². The van der Waals surface area contributed by atoms with Gasteiger partial charge in [0.2, 0.25) is 0 Å². The molecular weight excluding hydrogens is 261 g/mol. The zero-order chi connectivity index (χ0) is 10.8. The third-order valence-corrected chi connectivity index (χ3v) is 2.46. The first-order valence-corrected chi connectivity index (χ1v) is 4.92. The quantitative estimate of drug-likeness (QED) is 0.796. The average molecular weight is 266 g/mol. The molecule has 2 aromatic rings. The molecule has 74 valence electrons. The van der Waals surface area contributed by atoms with Crippen LogP contribution < -0.4 is 0 Å². The van der Waals surface area contributed by atoms with Crippen molar-refractivity contribution in [3.05, 3.63) is 46.4 Å². The van der Waals surface area contributed by atoms with E-state index in [-0.39, 0.29) is 11.5 Å². The Hall–Kier alpha value is -1.67. The van der Waals surface area contributed by atoms with Crippen LogP contribution in [0.2, 0.25) is 0 Å². The van der Waals surface area contributed by atoms with Crippen LogP contribution >= 0.6 is 15.9 Å². The highest BCUT2D eigenvalue weighted by Gasteiger charge is 2.09. The van der Waals surface area contributed by atoms with Gasteiger partial charge in [0.25, 0.3) is 0 Å². The highest BCUT2D eigenvalue weighted by Crippen LogP contribution is 2.18. The molecule has 0 aliphatic carbocycles. The first kappa shape index (κ1) is 9.87. The average Bonchev–Trinajstić information content (AvgIpc) is 2.60. The monoisotopic (exact) mass is 265 g/mol. The van der Waals surface area contributed by atoms with Crippen molar-refractivity contribution in [3.63, 3.8) is 0 Å². The second kappa shape index (κ2) is 3.83. The molecule has 0 aliphatic heterocycles. The molecule has 5 heteroatoms. The van der Waals surface area contributed by atoms with E-state index >= 15 is 0 Å². The number of benzene rings is 1. The van der Waals surface area contributed by atoms with Gasteiger partial charge in [-0.15, -0.1) is 0 Å². The van der Waals surface area contributed by atoms with E-state index < -0.39 is 0 Å². The molecule has 3 nitrogen and oxygen atoms in total. The van der Waals surface area contributed by atoms with Gasteiger partial charge in [-0.05, 0) is 28.1 Å². The lowest BCUT2D eigenvalue weighted by atomic mass is 10.3. The number of rotatable bonds is 1. The minimum absolute atomic E-state index is 0.234. The Morgan fingerprint density at radius 2 is 2.13 bits per heavy atom. The van der Waals surface area contributed by atoms with Crippen molar-refractivity contribution in [1.29, 1.82) is 5.26 Å². The topological polar surface area (TPSA) is 41.6 Å². The molecule has 0 atom stereocenters. The maximum Gasteiger partial charge on any atom is 0.177 e. The third-order valence-electron chi connectivity index (χ3n) is 1.87. The van der Waals surface area contributed by atoms with Gasteiger partial charge < -0.3 is 0 Å². The van der Waals surface area contributed by atoms with Crippen LogP contribution in [0.4, 0.5) is 4.39 Å². The molecule has 15 heavy (non-hydrogen) atoms. The lowest BCUT2D eigenvalue weighted by Gasteiger charge is -2.00. The lowest BCUT2D eigenvalue weighted by Crippen LogP contribution is -1.97. The van der Waals surface area contributed by atoms with Gasteiger partial charge in [0, 0.05) is 6.20 Å². The van der Waals surface area contributed by atoms with Crippen molar-refractivity contribution in [2.24, 2.45) is 0 Å². The van der Waals surface area contributed by atoms with E-state index in [2.05, 4.69) is 21.0 Å². The van der Waals surface area contributed by atoms with E-state index in [0.29, 0.717) is 10.2 Å². The van der Waals surface area contributed by atoms with Crippen LogP contribution in [-0.2, 0) is 0 Å². The number of halogens is 2. The number of nitriles is 1. The van der Waals surface area contributed by atoms with Crippen molar-refractivity contribution in [2.45, 2.75) is 0 Å². The molecular formula is C10H5BrFN3. The number of aromatic nitrogens is 2. The van der Waals surface area contributed by atoms with Crippen LogP contribution in [0.25, 0.3) is 5.69 Å². The highest BCUT2D eigenvalue weighted by molar-refractivity contribution is 9.10. The second-order valence-electron chi connectivity index (χ2n) is 2.83. The molecule has 0 saturated carbocycles. The molecule has 0 unspecified atom stereocenters. The summed E-state index contributed by atoms with van der Waals surface area (Å²) in [4.78, 5) is 0. The fourth-order valence-electron chi connectivity index (χ4n) is 1.19. The highest BCUT2D eigenvalue weighted by atomic mass is 79.9. The zero-order valence-electron chi connectivity index (χ0n) is 7.48. The van der Waals surface area contributed by atoms with Gasteiger partial charge in [0.15, 0.2) is 5.69 Å². The standard InChI is InChI=1S/C10H5BrFN3/c11-7-6-15(14-9(7)5-13)10-4-2-1-3-8(10)12/h1-4,6H. The Labute approximate surface area is 93.9 Å². The Kier molecular flexibility index (Phi) is 2.52. The predicted molar refractivity (Wildman–Crippen MR) is 55.9 cm³/mol. The summed E-state index contributed by atoms with van der Waals surface area (Å²) in [5.74, 6) is -0.378. The SMILES string of the molecule is N#Cc1nn(-c2ccccc2F)cc1Br. The lowest BCUT2D eigenvalue weighted by molar-refractivity contribution is 0.610.